The van der Waals surface area contributed by atoms with Gasteiger partial charge in [0.1, 0.15) is 6.07 Å². The van der Waals surface area contributed by atoms with E-state index in [-0.39, 0.29) is 5.69 Å². The molecular weight excluding hydrogens is 384 g/mol. The first-order chi connectivity index (χ1) is 14.2. The predicted molar refractivity (Wildman–Crippen MR) is 114 cm³/mol. The molecule has 140 valence electrons. The number of halogens is 1. The van der Waals surface area contributed by atoms with E-state index < -0.39 is 0 Å². The third-order valence-electron chi connectivity index (χ3n) is 4.34. The van der Waals surface area contributed by atoms with Crippen molar-refractivity contribution in [3.63, 3.8) is 0 Å². The van der Waals surface area contributed by atoms with Gasteiger partial charge in [0.05, 0.1) is 34.7 Å². The van der Waals surface area contributed by atoms with Crippen LogP contribution < -0.4 is 5.32 Å². The molecule has 2 N–H and O–H groups in total. The lowest BCUT2D eigenvalue weighted by atomic mass is 10.0. The first kappa shape index (κ1) is 18.5. The van der Waals surface area contributed by atoms with Gasteiger partial charge in [-0.2, -0.15) is 10.4 Å². The highest BCUT2D eigenvalue weighted by Gasteiger charge is 2.18. The van der Waals surface area contributed by atoms with Crippen LogP contribution in [0.2, 0.25) is 5.02 Å². The summed E-state index contributed by atoms with van der Waals surface area (Å²) in [6.07, 6.45) is 1.70. The fourth-order valence-electron chi connectivity index (χ4n) is 3.00. The molecule has 0 atom stereocenters. The van der Waals surface area contributed by atoms with Crippen LogP contribution in [0.25, 0.3) is 33.4 Å². The lowest BCUT2D eigenvalue weighted by Crippen LogP contribution is -2.07. The number of nitrogens with one attached hydrogen (secondary N) is 2. The molecule has 0 radical (unpaired) electrons. The minimum Gasteiger partial charge on any atom is -0.357 e. The average Bonchev–Trinajstić information content (AvgIpc) is 3.23. The van der Waals surface area contributed by atoms with Gasteiger partial charge in [-0.05, 0) is 19.1 Å². The first-order valence-electron chi connectivity index (χ1n) is 8.85. The van der Waals surface area contributed by atoms with Gasteiger partial charge in [-0.15, -0.1) is 5.92 Å². The van der Waals surface area contributed by atoms with Crippen molar-refractivity contribution in [2.75, 3.05) is 11.9 Å². The monoisotopic (exact) mass is 398 g/mol. The van der Waals surface area contributed by atoms with Crippen molar-refractivity contribution in [2.45, 2.75) is 6.92 Å². The van der Waals surface area contributed by atoms with Crippen LogP contribution in [0.5, 0.6) is 0 Å². The second kappa shape index (κ2) is 8.02. The maximum Gasteiger partial charge on any atom is 0.183 e. The Morgan fingerprint density at radius 3 is 2.66 bits per heavy atom. The van der Waals surface area contributed by atoms with Gasteiger partial charge in [0.25, 0.3) is 0 Å². The lowest BCUT2D eigenvalue weighted by Gasteiger charge is -2.13. The normalized spacial score (nSPS) is 10.2. The highest BCUT2D eigenvalue weighted by molar-refractivity contribution is 6.35. The van der Waals surface area contributed by atoms with E-state index in [1.807, 2.05) is 36.4 Å². The van der Waals surface area contributed by atoms with Crippen LogP contribution in [-0.4, -0.2) is 26.7 Å². The smallest absolute Gasteiger partial charge is 0.183 e. The summed E-state index contributed by atoms with van der Waals surface area (Å²) in [5, 5.41) is 21.0. The van der Waals surface area contributed by atoms with Gasteiger partial charge in [-0.3, -0.25) is 5.10 Å². The Morgan fingerprint density at radius 2 is 1.90 bits per heavy atom. The van der Waals surface area contributed by atoms with Gasteiger partial charge in [-0.1, -0.05) is 47.9 Å². The molecule has 2 heterocycles. The van der Waals surface area contributed by atoms with E-state index in [0.29, 0.717) is 28.8 Å². The lowest BCUT2D eigenvalue weighted by molar-refractivity contribution is 1.12. The van der Waals surface area contributed by atoms with Crippen molar-refractivity contribution in [3.8, 4) is 40.4 Å². The molecule has 29 heavy (non-hydrogen) atoms. The maximum absolute atomic E-state index is 9.63. The van der Waals surface area contributed by atoms with E-state index in [1.165, 1.54) is 0 Å². The summed E-state index contributed by atoms with van der Waals surface area (Å²) in [5.74, 6) is 6.12. The van der Waals surface area contributed by atoms with Crippen molar-refractivity contribution in [2.24, 2.45) is 0 Å². The van der Waals surface area contributed by atoms with E-state index in [1.54, 1.807) is 19.2 Å². The molecule has 0 bridgehead atoms. The second-order valence-electron chi connectivity index (χ2n) is 6.17. The molecule has 0 spiro atoms. The average molecular weight is 399 g/mol. The summed E-state index contributed by atoms with van der Waals surface area (Å²) in [5.41, 5.74) is 3.81. The molecular formula is C22H15ClN6. The van der Waals surface area contributed by atoms with E-state index in [9.17, 15) is 5.26 Å². The summed E-state index contributed by atoms with van der Waals surface area (Å²) in [6, 6.07) is 15.6. The standard InChI is InChI=1S/C22H15ClN6/c1-2-3-9-25-22-18(12-24)27-21(20(28-22)14-7-5-4-6-8-14)15-10-16-13-26-29-19(16)17(23)11-15/h4-8,10-11,13H,9H2,1H3,(H,25,28)(H,26,29). The van der Waals surface area contributed by atoms with Crippen molar-refractivity contribution in [1.29, 1.82) is 5.26 Å². The van der Waals surface area contributed by atoms with Crippen LogP contribution in [0.4, 0.5) is 5.82 Å². The molecule has 7 heteroatoms. The Bertz CT molecular complexity index is 1290. The van der Waals surface area contributed by atoms with E-state index in [0.717, 1.165) is 22.0 Å². The van der Waals surface area contributed by atoms with E-state index >= 15 is 0 Å². The highest BCUT2D eigenvalue weighted by Crippen LogP contribution is 2.35. The fraction of sp³-hybridized carbons (Fsp3) is 0.0909. The minimum absolute atomic E-state index is 0.195. The molecule has 0 aliphatic rings. The molecule has 2 aromatic carbocycles. The molecule has 0 aliphatic heterocycles. The molecule has 2 aromatic heterocycles. The van der Waals surface area contributed by atoms with Crippen molar-refractivity contribution >= 4 is 28.3 Å². The summed E-state index contributed by atoms with van der Waals surface area (Å²) in [7, 11) is 0. The number of rotatable bonds is 4. The van der Waals surface area contributed by atoms with Gasteiger partial charge >= 0.3 is 0 Å². The van der Waals surface area contributed by atoms with Crippen molar-refractivity contribution < 1.29 is 0 Å². The predicted octanol–water partition coefficient (Wildman–Crippen LogP) is 4.65. The van der Waals surface area contributed by atoms with Crippen LogP contribution in [0.15, 0.2) is 48.7 Å². The number of hydrogen-bond acceptors (Lipinski definition) is 5. The summed E-state index contributed by atoms with van der Waals surface area (Å²) >= 11 is 6.43. The third kappa shape index (κ3) is 3.62. The third-order valence-corrected chi connectivity index (χ3v) is 4.64. The van der Waals surface area contributed by atoms with Gasteiger partial charge in [0, 0.05) is 16.5 Å². The Kier molecular flexibility index (Phi) is 5.11. The molecule has 0 saturated carbocycles. The number of aromatic amines is 1. The molecule has 6 nitrogen and oxygen atoms in total. The van der Waals surface area contributed by atoms with E-state index in [2.05, 4.69) is 38.4 Å². The van der Waals surface area contributed by atoms with Crippen LogP contribution in [0, 0.1) is 23.2 Å². The fourth-order valence-corrected chi connectivity index (χ4v) is 3.27. The number of anilines is 1. The molecule has 4 rings (SSSR count). The van der Waals surface area contributed by atoms with Crippen molar-refractivity contribution in [1.82, 2.24) is 20.2 Å². The van der Waals surface area contributed by atoms with Crippen molar-refractivity contribution in [3.05, 3.63) is 59.4 Å². The topological polar surface area (TPSA) is 90.3 Å². The highest BCUT2D eigenvalue weighted by atomic mass is 35.5. The maximum atomic E-state index is 9.63. The number of H-pyrrole nitrogens is 1. The van der Waals surface area contributed by atoms with Gasteiger partial charge < -0.3 is 5.32 Å². The van der Waals surface area contributed by atoms with Gasteiger partial charge in [0.2, 0.25) is 0 Å². The Balaban J connectivity index is 1.95. The largest absolute Gasteiger partial charge is 0.357 e. The summed E-state index contributed by atoms with van der Waals surface area (Å²) in [6.45, 7) is 2.13. The summed E-state index contributed by atoms with van der Waals surface area (Å²) < 4.78 is 0. The molecule has 4 aromatic rings. The van der Waals surface area contributed by atoms with Crippen LogP contribution in [0.1, 0.15) is 12.6 Å². The van der Waals surface area contributed by atoms with Crippen LogP contribution in [0.3, 0.4) is 0 Å². The quantitative estimate of drug-likeness (QED) is 0.488. The van der Waals surface area contributed by atoms with Gasteiger partial charge in [0.15, 0.2) is 11.5 Å². The first-order valence-corrected chi connectivity index (χ1v) is 9.23. The zero-order valence-electron chi connectivity index (χ0n) is 15.5. The number of aromatic nitrogens is 4. The Morgan fingerprint density at radius 1 is 1.10 bits per heavy atom. The zero-order chi connectivity index (χ0) is 20.2. The Hall–Kier alpha value is -3.87. The van der Waals surface area contributed by atoms with E-state index in [4.69, 9.17) is 16.6 Å². The number of nitriles is 1. The van der Waals surface area contributed by atoms with Gasteiger partial charge in [-0.25, -0.2) is 9.97 Å². The van der Waals surface area contributed by atoms with Crippen LogP contribution >= 0.6 is 11.6 Å². The number of benzene rings is 2. The number of nitrogens with zero attached hydrogens (tertiary/aromatic N) is 4. The Labute approximate surface area is 172 Å². The molecule has 0 amide bonds. The molecule has 0 aliphatic carbocycles. The zero-order valence-corrected chi connectivity index (χ0v) is 16.2. The van der Waals surface area contributed by atoms with Crippen LogP contribution in [-0.2, 0) is 0 Å². The number of hydrogen-bond donors (Lipinski definition) is 2. The second-order valence-corrected chi connectivity index (χ2v) is 6.58. The molecule has 0 fully saturated rings. The summed E-state index contributed by atoms with van der Waals surface area (Å²) in [4.78, 5) is 9.35. The minimum atomic E-state index is 0.195. The number of fused-ring (bicyclic) bond motifs is 1. The molecule has 0 saturated heterocycles. The SMILES string of the molecule is CC#CCNc1nc(-c2ccccc2)c(-c2cc(Cl)c3[nH]ncc3c2)nc1C#N. The molecule has 0 unspecified atom stereocenters.